The number of aliphatic hydroxyl groups excluding tert-OH is 1. The fourth-order valence-corrected chi connectivity index (χ4v) is 4.75. The van der Waals surface area contributed by atoms with Crippen LogP contribution in [-0.4, -0.2) is 45.4 Å². The lowest BCUT2D eigenvalue weighted by molar-refractivity contribution is -0.124. The number of carbonyl (C=O) groups is 1. The summed E-state index contributed by atoms with van der Waals surface area (Å²) in [5, 5.41) is 19.3. The number of hydroxylamine groups is 1. The van der Waals surface area contributed by atoms with Crippen molar-refractivity contribution in [2.45, 2.75) is 32.4 Å². The molecule has 0 bridgehead atoms. The number of amides is 1. The molecular weight excluding hydrogens is 409 g/mol. The van der Waals surface area contributed by atoms with Gasteiger partial charge in [0.15, 0.2) is 0 Å². The predicted molar refractivity (Wildman–Crippen MR) is 122 cm³/mol. The molecule has 1 atom stereocenters. The Morgan fingerprint density at radius 1 is 1.25 bits per heavy atom. The van der Waals surface area contributed by atoms with Crippen LogP contribution in [0.1, 0.15) is 34.8 Å². The van der Waals surface area contributed by atoms with Crippen molar-refractivity contribution in [1.82, 2.24) is 14.9 Å². The quantitative estimate of drug-likeness (QED) is 0.286. The Morgan fingerprint density at radius 2 is 2.09 bits per heavy atom. The highest BCUT2D eigenvalue weighted by atomic mass is 19.1. The van der Waals surface area contributed by atoms with Crippen LogP contribution in [0, 0.1) is 12.7 Å². The summed E-state index contributed by atoms with van der Waals surface area (Å²) in [5.74, 6) is -0.805. The fourth-order valence-electron chi connectivity index (χ4n) is 4.75. The summed E-state index contributed by atoms with van der Waals surface area (Å²) in [6.45, 7) is 4.12. The van der Waals surface area contributed by atoms with Gasteiger partial charge >= 0.3 is 0 Å². The van der Waals surface area contributed by atoms with Crippen LogP contribution in [0.25, 0.3) is 17.0 Å². The van der Waals surface area contributed by atoms with Gasteiger partial charge in [-0.2, -0.15) is 0 Å². The van der Waals surface area contributed by atoms with Crippen LogP contribution >= 0.6 is 0 Å². The molecule has 1 heterocycles. The Hall–Kier alpha value is -3.00. The van der Waals surface area contributed by atoms with Crippen molar-refractivity contribution in [2.24, 2.45) is 0 Å². The lowest BCUT2D eigenvalue weighted by atomic mass is 10.0. The van der Waals surface area contributed by atoms with Gasteiger partial charge in [-0.05, 0) is 66.8 Å². The van der Waals surface area contributed by atoms with Crippen LogP contribution in [0.3, 0.4) is 0 Å². The third-order valence-electron chi connectivity index (χ3n) is 6.26. The molecule has 6 nitrogen and oxygen atoms in total. The topological polar surface area (TPSA) is 77.7 Å². The van der Waals surface area contributed by atoms with E-state index in [4.69, 9.17) is 5.21 Å². The molecule has 1 aliphatic carbocycles. The number of hydrogen-bond acceptors (Lipinski definition) is 4. The van der Waals surface area contributed by atoms with Crippen LogP contribution in [0.5, 0.6) is 0 Å². The zero-order chi connectivity index (χ0) is 22.7. The number of rotatable bonds is 8. The SMILES string of the molecule is Cc1cc2ccc(F)cc2n1CCN(CCO)C1CCc2cc(/C=C/C(=O)NO)ccc21. The number of carbonyl (C=O) groups excluding carboxylic acids is 1. The normalized spacial score (nSPS) is 15.7. The molecule has 4 rings (SSSR count). The van der Waals surface area contributed by atoms with Crippen LogP contribution in [0.2, 0.25) is 0 Å². The Kier molecular flexibility index (Phi) is 6.69. The van der Waals surface area contributed by atoms with Gasteiger partial charge in [0.1, 0.15) is 5.82 Å². The molecule has 0 radical (unpaired) electrons. The number of aryl methyl sites for hydroxylation is 2. The number of aliphatic hydroxyl groups is 1. The van der Waals surface area contributed by atoms with Crippen LogP contribution in [-0.2, 0) is 17.8 Å². The van der Waals surface area contributed by atoms with Gasteiger partial charge in [-0.1, -0.05) is 18.2 Å². The minimum Gasteiger partial charge on any atom is -0.395 e. The van der Waals surface area contributed by atoms with Crippen molar-refractivity contribution < 1.29 is 19.5 Å². The van der Waals surface area contributed by atoms with Gasteiger partial charge in [0.25, 0.3) is 5.91 Å². The van der Waals surface area contributed by atoms with Crippen molar-refractivity contribution in [3.8, 4) is 0 Å². The van der Waals surface area contributed by atoms with Crippen molar-refractivity contribution in [3.05, 3.63) is 76.7 Å². The number of benzene rings is 2. The van der Waals surface area contributed by atoms with Crippen molar-refractivity contribution in [3.63, 3.8) is 0 Å². The van der Waals surface area contributed by atoms with Gasteiger partial charge in [0, 0.05) is 42.8 Å². The van der Waals surface area contributed by atoms with Crippen molar-refractivity contribution in [1.29, 1.82) is 0 Å². The number of nitrogens with one attached hydrogen (secondary N) is 1. The van der Waals surface area contributed by atoms with Crippen LogP contribution < -0.4 is 5.48 Å². The molecule has 1 aliphatic rings. The molecule has 0 saturated heterocycles. The van der Waals surface area contributed by atoms with E-state index in [9.17, 15) is 14.3 Å². The second kappa shape index (κ2) is 9.65. The average Bonchev–Trinajstić information content (AvgIpc) is 3.34. The summed E-state index contributed by atoms with van der Waals surface area (Å²) >= 11 is 0. The summed E-state index contributed by atoms with van der Waals surface area (Å²) in [6.07, 6.45) is 4.84. The zero-order valence-electron chi connectivity index (χ0n) is 18.1. The van der Waals surface area contributed by atoms with E-state index < -0.39 is 5.91 Å². The maximum atomic E-state index is 13.8. The number of hydrogen-bond donors (Lipinski definition) is 3. The van der Waals surface area contributed by atoms with Gasteiger partial charge in [0.2, 0.25) is 0 Å². The smallest absolute Gasteiger partial charge is 0.267 e. The summed E-state index contributed by atoms with van der Waals surface area (Å²) in [7, 11) is 0. The lowest BCUT2D eigenvalue weighted by Gasteiger charge is -2.29. The predicted octanol–water partition coefficient (Wildman–Crippen LogP) is 3.59. The van der Waals surface area contributed by atoms with Crippen molar-refractivity contribution in [2.75, 3.05) is 19.7 Å². The Balaban J connectivity index is 1.52. The van der Waals surface area contributed by atoms with E-state index in [0.29, 0.717) is 13.1 Å². The average molecular weight is 438 g/mol. The molecule has 0 aliphatic heterocycles. The lowest BCUT2D eigenvalue weighted by Crippen LogP contribution is -2.33. The van der Waals surface area contributed by atoms with Gasteiger partial charge in [-0.25, -0.2) is 9.87 Å². The Labute approximate surface area is 186 Å². The highest BCUT2D eigenvalue weighted by Crippen LogP contribution is 2.36. The maximum Gasteiger partial charge on any atom is 0.267 e. The third kappa shape index (κ3) is 4.60. The van der Waals surface area contributed by atoms with Gasteiger partial charge in [-0.3, -0.25) is 14.9 Å². The van der Waals surface area contributed by atoms with E-state index in [-0.39, 0.29) is 18.5 Å². The molecule has 168 valence electrons. The Bertz CT molecular complexity index is 1150. The first-order chi connectivity index (χ1) is 15.5. The fraction of sp³-hybridized carbons (Fsp3) is 0.320. The van der Waals surface area contributed by atoms with E-state index in [1.807, 2.05) is 19.1 Å². The first kappa shape index (κ1) is 22.2. The molecule has 3 N–H and O–H groups in total. The summed E-state index contributed by atoms with van der Waals surface area (Å²) in [6, 6.07) is 13.3. The highest BCUT2D eigenvalue weighted by molar-refractivity contribution is 5.90. The minimum atomic E-state index is -0.565. The van der Waals surface area contributed by atoms with Crippen LogP contribution in [0.15, 0.2) is 48.5 Å². The monoisotopic (exact) mass is 437 g/mol. The van der Waals surface area contributed by atoms with Crippen LogP contribution in [0.4, 0.5) is 4.39 Å². The molecule has 0 fully saturated rings. The summed E-state index contributed by atoms with van der Waals surface area (Å²) in [5.41, 5.74) is 6.94. The first-order valence-electron chi connectivity index (χ1n) is 10.9. The van der Waals surface area contributed by atoms with E-state index in [0.717, 1.165) is 41.5 Å². The molecule has 1 aromatic heterocycles. The van der Waals surface area contributed by atoms with Gasteiger partial charge in [-0.15, -0.1) is 0 Å². The molecule has 0 saturated carbocycles. The molecule has 0 spiro atoms. The number of aromatic nitrogens is 1. The molecule has 2 aromatic carbocycles. The van der Waals surface area contributed by atoms with Gasteiger partial charge in [0.05, 0.1) is 12.1 Å². The van der Waals surface area contributed by atoms with E-state index in [1.165, 1.54) is 23.3 Å². The van der Waals surface area contributed by atoms with E-state index in [2.05, 4.69) is 27.7 Å². The second-order valence-corrected chi connectivity index (χ2v) is 8.22. The van der Waals surface area contributed by atoms with E-state index in [1.54, 1.807) is 17.6 Å². The molecule has 1 unspecified atom stereocenters. The first-order valence-corrected chi connectivity index (χ1v) is 10.9. The van der Waals surface area contributed by atoms with Gasteiger partial charge < -0.3 is 9.67 Å². The molecular formula is C25H28FN3O3. The third-order valence-corrected chi connectivity index (χ3v) is 6.26. The molecule has 3 aromatic rings. The summed E-state index contributed by atoms with van der Waals surface area (Å²) in [4.78, 5) is 13.5. The maximum absolute atomic E-state index is 13.8. The largest absolute Gasteiger partial charge is 0.395 e. The summed E-state index contributed by atoms with van der Waals surface area (Å²) < 4.78 is 16.0. The molecule has 1 amide bonds. The van der Waals surface area contributed by atoms with E-state index >= 15 is 0 Å². The molecule has 7 heteroatoms. The highest BCUT2D eigenvalue weighted by Gasteiger charge is 2.27. The second-order valence-electron chi connectivity index (χ2n) is 8.22. The number of fused-ring (bicyclic) bond motifs is 2. The zero-order valence-corrected chi connectivity index (χ0v) is 18.1. The molecule has 32 heavy (non-hydrogen) atoms. The minimum absolute atomic E-state index is 0.0724. The Morgan fingerprint density at radius 3 is 2.88 bits per heavy atom. The number of halogens is 1. The number of nitrogens with zero attached hydrogens (tertiary/aromatic N) is 2. The standard InChI is InChI=1S/C25H28FN3O3/c1-17-14-20-4-6-21(26)16-24(20)29(17)11-10-28(12-13-30)23-8-5-19-15-18(2-7-22(19)23)3-9-25(31)27-32/h2-4,6-7,9,14-16,23,30,32H,5,8,10-13H2,1H3,(H,27,31)/b9-3+. The van der Waals surface area contributed by atoms with Crippen molar-refractivity contribution >= 4 is 22.9 Å².